The van der Waals surface area contributed by atoms with E-state index in [2.05, 4.69) is 10.1 Å². The van der Waals surface area contributed by atoms with Crippen molar-refractivity contribution in [1.29, 1.82) is 0 Å². The minimum Gasteiger partial charge on any atom is -0.481 e. The number of carboxylic acids is 1. The molecule has 12 heteroatoms. The molecule has 2 aliphatic rings. The number of hydrogen-bond donors (Lipinski definition) is 1. The number of hydrogen-bond acceptors (Lipinski definition) is 4. The van der Waals surface area contributed by atoms with Crippen molar-refractivity contribution in [3.63, 3.8) is 0 Å². The molecule has 0 spiro atoms. The molecular weight excluding hydrogens is 544 g/mol. The number of aromatic nitrogens is 3. The maximum absolute atomic E-state index is 14.4. The lowest BCUT2D eigenvalue weighted by molar-refractivity contribution is -0.152. The van der Waals surface area contributed by atoms with Crippen LogP contribution < -0.4 is 0 Å². The Balaban J connectivity index is 1.66. The molecular formula is C26H31Cl2F3N4O3. The highest BCUT2D eigenvalue weighted by Crippen LogP contribution is 2.44. The Kier molecular flexibility index (Phi) is 8.06. The van der Waals surface area contributed by atoms with Crippen LogP contribution in [-0.4, -0.2) is 49.2 Å². The lowest BCUT2D eigenvalue weighted by Gasteiger charge is -2.34. The fourth-order valence-electron chi connectivity index (χ4n) is 5.68. The van der Waals surface area contributed by atoms with E-state index < -0.39 is 46.8 Å². The highest BCUT2D eigenvalue weighted by Gasteiger charge is 2.46. The van der Waals surface area contributed by atoms with Crippen LogP contribution in [-0.2, 0) is 17.4 Å². The van der Waals surface area contributed by atoms with E-state index >= 15 is 0 Å². The number of likely N-dealkylation sites (tertiary alicyclic amines) is 1. The first kappa shape index (κ1) is 28.7. The van der Waals surface area contributed by atoms with Crippen molar-refractivity contribution in [2.24, 2.45) is 17.3 Å². The first-order chi connectivity index (χ1) is 17.7. The van der Waals surface area contributed by atoms with Gasteiger partial charge in [0, 0.05) is 25.0 Å². The van der Waals surface area contributed by atoms with Gasteiger partial charge < -0.3 is 10.0 Å². The molecule has 3 heterocycles. The fraction of sp³-hybridized carbons (Fsp3) is 0.615. The molecule has 1 saturated carbocycles. The Bertz CT molecular complexity index is 1190. The fourth-order valence-corrected chi connectivity index (χ4v) is 6.20. The predicted molar refractivity (Wildman–Crippen MR) is 136 cm³/mol. The van der Waals surface area contributed by atoms with Gasteiger partial charge in [0.25, 0.3) is 5.91 Å². The lowest BCUT2D eigenvalue weighted by atomic mass is 9.74. The third kappa shape index (κ3) is 5.52. The molecule has 1 aliphatic carbocycles. The Labute approximate surface area is 229 Å². The molecule has 0 unspecified atom stereocenters. The van der Waals surface area contributed by atoms with E-state index in [-0.39, 0.29) is 37.5 Å². The number of rotatable bonds is 6. The van der Waals surface area contributed by atoms with Crippen LogP contribution in [0.15, 0.2) is 18.6 Å². The lowest BCUT2D eigenvalue weighted by Crippen LogP contribution is -2.38. The standard InChI is InChI=1S/C26H31Cl2F3N4O3/c1-14(2)15-8-17(9-18-20(27)11-32-12-21(18)28)34(13-15)23(36)19-10-33-35(22(19)26(29,30)31)16-4-6-25(3,7-5-16)24(37)38/h10-12,14-17H,4-9,13H2,1-3H3,(H,37,38)/t15-,16-,17+,25-/m0/s1. The zero-order chi connectivity index (χ0) is 28.0. The number of carbonyl (C=O) groups excluding carboxylic acids is 1. The Morgan fingerprint density at radius 1 is 1.16 bits per heavy atom. The summed E-state index contributed by atoms with van der Waals surface area (Å²) in [7, 11) is 0. The van der Waals surface area contributed by atoms with Crippen molar-refractivity contribution in [3.05, 3.63) is 45.5 Å². The molecule has 0 radical (unpaired) electrons. The minimum atomic E-state index is -4.82. The average molecular weight is 575 g/mol. The van der Waals surface area contributed by atoms with Crippen molar-refractivity contribution in [3.8, 4) is 0 Å². The van der Waals surface area contributed by atoms with E-state index in [1.54, 1.807) is 6.92 Å². The number of halogens is 5. The molecule has 2 aromatic rings. The van der Waals surface area contributed by atoms with Crippen LogP contribution in [0.4, 0.5) is 13.2 Å². The smallest absolute Gasteiger partial charge is 0.433 e. The molecule has 1 aliphatic heterocycles. The van der Waals surface area contributed by atoms with Gasteiger partial charge in [-0.25, -0.2) is 0 Å². The highest BCUT2D eigenvalue weighted by molar-refractivity contribution is 6.35. The third-order valence-electron chi connectivity index (χ3n) is 8.26. The molecule has 1 amide bonds. The molecule has 38 heavy (non-hydrogen) atoms. The largest absolute Gasteiger partial charge is 0.481 e. The predicted octanol–water partition coefficient (Wildman–Crippen LogP) is 6.54. The maximum Gasteiger partial charge on any atom is 0.433 e. The summed E-state index contributed by atoms with van der Waals surface area (Å²) in [6.07, 6.45) is 0.886. The van der Waals surface area contributed by atoms with Crippen LogP contribution in [0, 0.1) is 17.3 Å². The molecule has 0 bridgehead atoms. The second-order valence-corrected chi connectivity index (χ2v) is 11.9. The van der Waals surface area contributed by atoms with E-state index in [1.165, 1.54) is 17.3 Å². The molecule has 208 valence electrons. The van der Waals surface area contributed by atoms with Crippen molar-refractivity contribution in [2.75, 3.05) is 6.54 Å². The minimum absolute atomic E-state index is 0.0970. The first-order valence-corrected chi connectivity index (χ1v) is 13.5. The Morgan fingerprint density at radius 2 is 1.76 bits per heavy atom. The van der Waals surface area contributed by atoms with Gasteiger partial charge in [0.2, 0.25) is 0 Å². The number of carboxylic acid groups (broad SMARTS) is 1. The Morgan fingerprint density at radius 3 is 2.29 bits per heavy atom. The summed E-state index contributed by atoms with van der Waals surface area (Å²) >= 11 is 12.6. The van der Waals surface area contributed by atoms with E-state index in [0.717, 1.165) is 10.9 Å². The monoisotopic (exact) mass is 574 g/mol. The van der Waals surface area contributed by atoms with Gasteiger partial charge in [0.1, 0.15) is 0 Å². The average Bonchev–Trinajstić information content (AvgIpc) is 3.47. The van der Waals surface area contributed by atoms with Gasteiger partial charge in [-0.3, -0.25) is 19.3 Å². The van der Waals surface area contributed by atoms with Gasteiger partial charge in [0.05, 0.1) is 33.3 Å². The summed E-state index contributed by atoms with van der Waals surface area (Å²) in [5, 5.41) is 14.2. The van der Waals surface area contributed by atoms with Crippen LogP contribution in [0.25, 0.3) is 0 Å². The van der Waals surface area contributed by atoms with E-state index in [1.807, 2.05) is 13.8 Å². The molecule has 1 saturated heterocycles. The van der Waals surface area contributed by atoms with Crippen molar-refractivity contribution in [1.82, 2.24) is 19.7 Å². The van der Waals surface area contributed by atoms with Crippen molar-refractivity contribution in [2.45, 2.75) is 77.6 Å². The number of aliphatic carboxylic acids is 1. The van der Waals surface area contributed by atoms with Gasteiger partial charge in [0.15, 0.2) is 5.69 Å². The van der Waals surface area contributed by atoms with Gasteiger partial charge in [-0.05, 0) is 62.8 Å². The first-order valence-electron chi connectivity index (χ1n) is 12.7. The van der Waals surface area contributed by atoms with Gasteiger partial charge >= 0.3 is 12.1 Å². The van der Waals surface area contributed by atoms with Crippen LogP contribution in [0.1, 0.15) is 80.5 Å². The van der Waals surface area contributed by atoms with Crippen LogP contribution >= 0.6 is 23.2 Å². The van der Waals surface area contributed by atoms with Gasteiger partial charge in [-0.1, -0.05) is 37.0 Å². The SMILES string of the molecule is CC(C)[C@H]1C[C@H](Cc2c(Cl)cncc2Cl)N(C(=O)c2cnn([C@H]3CC[C@](C)(C(=O)O)CC3)c2C(F)(F)F)C1. The number of amides is 1. The molecule has 1 N–H and O–H groups in total. The summed E-state index contributed by atoms with van der Waals surface area (Å²) < 4.78 is 44.1. The van der Waals surface area contributed by atoms with Crippen LogP contribution in [0.3, 0.4) is 0 Å². The topological polar surface area (TPSA) is 88.3 Å². The quantitative estimate of drug-likeness (QED) is 0.423. The second-order valence-electron chi connectivity index (χ2n) is 11.1. The zero-order valence-corrected chi connectivity index (χ0v) is 22.9. The normalized spacial score (nSPS) is 26.2. The molecule has 2 aromatic heterocycles. The van der Waals surface area contributed by atoms with Crippen molar-refractivity contribution >= 4 is 35.1 Å². The van der Waals surface area contributed by atoms with Gasteiger partial charge in [-0.2, -0.15) is 18.3 Å². The second kappa shape index (κ2) is 10.7. The summed E-state index contributed by atoms with van der Waals surface area (Å²) in [4.78, 5) is 30.8. The van der Waals surface area contributed by atoms with E-state index in [9.17, 15) is 27.9 Å². The highest BCUT2D eigenvalue weighted by atomic mass is 35.5. The number of carbonyl (C=O) groups is 2. The molecule has 4 rings (SSSR count). The Hall–Kier alpha value is -2.33. The molecule has 2 fully saturated rings. The van der Waals surface area contributed by atoms with Gasteiger partial charge in [-0.15, -0.1) is 0 Å². The maximum atomic E-state index is 14.4. The molecule has 2 atom stereocenters. The summed E-state index contributed by atoms with van der Waals surface area (Å²) in [6.45, 7) is 5.96. The van der Waals surface area contributed by atoms with E-state index in [0.29, 0.717) is 35.0 Å². The molecule has 7 nitrogen and oxygen atoms in total. The summed E-state index contributed by atoms with van der Waals surface area (Å²) in [6, 6.07) is -1.05. The summed E-state index contributed by atoms with van der Waals surface area (Å²) in [5.41, 5.74) is -1.96. The third-order valence-corrected chi connectivity index (χ3v) is 8.91. The number of nitrogens with zero attached hydrogens (tertiary/aromatic N) is 4. The number of alkyl halides is 3. The van der Waals surface area contributed by atoms with Crippen LogP contribution in [0.2, 0.25) is 10.0 Å². The summed E-state index contributed by atoms with van der Waals surface area (Å²) in [5.74, 6) is -1.38. The zero-order valence-electron chi connectivity index (χ0n) is 21.4. The van der Waals surface area contributed by atoms with Crippen LogP contribution in [0.5, 0.6) is 0 Å². The van der Waals surface area contributed by atoms with Crippen molar-refractivity contribution < 1.29 is 27.9 Å². The molecule has 0 aromatic carbocycles. The van der Waals surface area contributed by atoms with E-state index in [4.69, 9.17) is 23.2 Å². The number of pyridine rings is 1.